The second-order valence-corrected chi connectivity index (χ2v) is 6.42. The molecule has 3 rings (SSSR count). The summed E-state index contributed by atoms with van der Waals surface area (Å²) in [6.45, 7) is -0.129. The van der Waals surface area contributed by atoms with Crippen molar-refractivity contribution >= 4 is 16.0 Å². The van der Waals surface area contributed by atoms with Crippen LogP contribution in [-0.2, 0) is 16.6 Å². The van der Waals surface area contributed by atoms with Gasteiger partial charge in [0.1, 0.15) is 10.6 Å². The van der Waals surface area contributed by atoms with E-state index in [1.807, 2.05) is 0 Å². The first-order valence-electron chi connectivity index (χ1n) is 6.14. The quantitative estimate of drug-likeness (QED) is 0.653. The third kappa shape index (κ3) is 2.78. The molecule has 2 aromatic heterocycles. The van der Waals surface area contributed by atoms with Crippen molar-refractivity contribution in [2.75, 3.05) is 0 Å². The summed E-state index contributed by atoms with van der Waals surface area (Å²) in [6, 6.07) is 1.22. The van der Waals surface area contributed by atoms with E-state index in [0.29, 0.717) is 0 Å². The summed E-state index contributed by atoms with van der Waals surface area (Å²) in [5.41, 5.74) is -0.0302. The first-order valence-corrected chi connectivity index (χ1v) is 7.63. The molecule has 21 heavy (non-hydrogen) atoms. The van der Waals surface area contributed by atoms with Crippen LogP contribution in [0.25, 0.3) is 0 Å². The van der Waals surface area contributed by atoms with Gasteiger partial charge in [0.2, 0.25) is 10.0 Å². The molecular weight excluding hydrogens is 300 g/mol. The largest absolute Gasteiger partial charge is 0.477 e. The molecule has 0 unspecified atom stereocenters. The van der Waals surface area contributed by atoms with E-state index in [1.165, 1.54) is 10.8 Å². The van der Waals surface area contributed by atoms with Crippen molar-refractivity contribution in [2.45, 2.75) is 30.3 Å². The predicted octanol–water partition coefficient (Wildman–Crippen LogP) is -0.487. The van der Waals surface area contributed by atoms with Crippen molar-refractivity contribution in [1.82, 2.24) is 29.9 Å². The van der Waals surface area contributed by atoms with Crippen LogP contribution in [-0.4, -0.2) is 44.7 Å². The van der Waals surface area contributed by atoms with Crippen LogP contribution in [0.3, 0.4) is 0 Å². The van der Waals surface area contributed by atoms with Crippen molar-refractivity contribution in [3.8, 4) is 0 Å². The fourth-order valence-electron chi connectivity index (χ4n) is 1.93. The minimum atomic E-state index is -3.83. The molecule has 0 bridgehead atoms. The van der Waals surface area contributed by atoms with E-state index in [-0.39, 0.29) is 29.0 Å². The van der Waals surface area contributed by atoms with E-state index in [9.17, 15) is 13.2 Å². The zero-order valence-corrected chi connectivity index (χ0v) is 11.5. The van der Waals surface area contributed by atoms with Gasteiger partial charge in [0.05, 0.1) is 6.54 Å². The van der Waals surface area contributed by atoms with Gasteiger partial charge in [-0.25, -0.2) is 17.9 Å². The number of nitrogens with zero attached hydrogens (tertiary/aromatic N) is 4. The van der Waals surface area contributed by atoms with Gasteiger partial charge < -0.3 is 9.67 Å². The van der Waals surface area contributed by atoms with Crippen LogP contribution in [0.1, 0.15) is 35.2 Å². The van der Waals surface area contributed by atoms with Crippen molar-refractivity contribution in [3.05, 3.63) is 23.8 Å². The molecule has 2 heterocycles. The number of aromatic amines is 1. The number of hydrogen-bond donors (Lipinski definition) is 3. The predicted molar refractivity (Wildman–Crippen MR) is 67.9 cm³/mol. The Labute approximate surface area is 119 Å². The van der Waals surface area contributed by atoms with Gasteiger partial charge in [-0.05, 0) is 18.9 Å². The Morgan fingerprint density at radius 2 is 2.29 bits per heavy atom. The third-order valence-corrected chi connectivity index (χ3v) is 4.47. The van der Waals surface area contributed by atoms with Crippen LogP contribution in [0.4, 0.5) is 0 Å². The van der Waals surface area contributed by atoms with E-state index in [0.717, 1.165) is 18.9 Å². The Balaban J connectivity index is 1.84. The van der Waals surface area contributed by atoms with Gasteiger partial charge in [0, 0.05) is 12.2 Å². The van der Waals surface area contributed by atoms with Gasteiger partial charge in [-0.1, -0.05) is 5.21 Å². The van der Waals surface area contributed by atoms with E-state index < -0.39 is 16.0 Å². The zero-order chi connectivity index (χ0) is 15.0. The average molecular weight is 312 g/mol. The lowest BCUT2D eigenvalue weighted by Crippen LogP contribution is -2.23. The molecule has 3 N–H and O–H groups in total. The van der Waals surface area contributed by atoms with Crippen molar-refractivity contribution < 1.29 is 18.3 Å². The molecule has 1 aliphatic carbocycles. The number of tetrazole rings is 1. The molecule has 11 heteroatoms. The fraction of sp³-hybridized carbons (Fsp3) is 0.400. The molecule has 1 aliphatic rings. The second-order valence-electron chi connectivity index (χ2n) is 4.66. The molecule has 0 aromatic carbocycles. The molecule has 1 saturated carbocycles. The third-order valence-electron chi connectivity index (χ3n) is 3.10. The van der Waals surface area contributed by atoms with Crippen LogP contribution in [0, 0.1) is 0 Å². The summed E-state index contributed by atoms with van der Waals surface area (Å²) < 4.78 is 28.1. The van der Waals surface area contributed by atoms with Gasteiger partial charge in [-0.2, -0.15) is 5.21 Å². The number of sulfonamides is 1. The highest BCUT2D eigenvalue weighted by atomic mass is 32.2. The number of aromatic carboxylic acids is 1. The van der Waals surface area contributed by atoms with Crippen LogP contribution >= 0.6 is 0 Å². The van der Waals surface area contributed by atoms with Crippen LogP contribution in [0.5, 0.6) is 0 Å². The van der Waals surface area contributed by atoms with Gasteiger partial charge in [-0.15, -0.1) is 10.2 Å². The molecule has 1 fully saturated rings. The smallest absolute Gasteiger partial charge is 0.352 e. The maximum Gasteiger partial charge on any atom is 0.352 e. The SMILES string of the molecule is O=C(O)c1cc(S(=O)(=O)NCc2nn[nH]n2)cn1C1CC1. The molecule has 0 aliphatic heterocycles. The molecule has 0 atom stereocenters. The monoisotopic (exact) mass is 312 g/mol. The van der Waals surface area contributed by atoms with Gasteiger partial charge in [0.15, 0.2) is 5.82 Å². The highest BCUT2D eigenvalue weighted by molar-refractivity contribution is 7.89. The van der Waals surface area contributed by atoms with Gasteiger partial charge >= 0.3 is 5.97 Å². The number of nitrogens with one attached hydrogen (secondary N) is 2. The minimum absolute atomic E-state index is 0.0302. The molecular formula is C10H12N6O4S. The van der Waals surface area contributed by atoms with Crippen molar-refractivity contribution in [1.29, 1.82) is 0 Å². The highest BCUT2D eigenvalue weighted by Gasteiger charge is 2.30. The average Bonchev–Trinajstić information content (AvgIpc) is 2.97. The summed E-state index contributed by atoms with van der Waals surface area (Å²) >= 11 is 0. The lowest BCUT2D eigenvalue weighted by molar-refractivity contribution is 0.0685. The number of carboxylic acids is 1. The van der Waals surface area contributed by atoms with E-state index in [4.69, 9.17) is 5.11 Å². The molecule has 0 radical (unpaired) electrons. The Kier molecular flexibility index (Phi) is 3.22. The van der Waals surface area contributed by atoms with E-state index in [2.05, 4.69) is 25.3 Å². The summed E-state index contributed by atoms with van der Waals surface area (Å²) in [4.78, 5) is 11.1. The lowest BCUT2D eigenvalue weighted by Gasteiger charge is -2.02. The molecule has 112 valence electrons. The van der Waals surface area contributed by atoms with Crippen molar-refractivity contribution in [3.63, 3.8) is 0 Å². The van der Waals surface area contributed by atoms with Crippen molar-refractivity contribution in [2.24, 2.45) is 0 Å². The summed E-state index contributed by atoms with van der Waals surface area (Å²) in [7, 11) is -3.83. The van der Waals surface area contributed by atoms with Crippen LogP contribution in [0.15, 0.2) is 17.2 Å². The summed E-state index contributed by atoms with van der Waals surface area (Å²) in [6.07, 6.45) is 3.05. The maximum atomic E-state index is 12.2. The van der Waals surface area contributed by atoms with Gasteiger partial charge in [-0.3, -0.25) is 0 Å². The molecule has 0 saturated heterocycles. The number of aromatic nitrogens is 5. The topological polar surface area (TPSA) is 143 Å². The Morgan fingerprint density at radius 1 is 1.52 bits per heavy atom. The first-order chi connectivity index (χ1) is 9.97. The number of rotatable bonds is 6. The minimum Gasteiger partial charge on any atom is -0.477 e. The van der Waals surface area contributed by atoms with Crippen LogP contribution in [0.2, 0.25) is 0 Å². The number of carbonyl (C=O) groups is 1. The molecule has 10 nitrogen and oxygen atoms in total. The highest BCUT2D eigenvalue weighted by Crippen LogP contribution is 2.37. The summed E-state index contributed by atoms with van der Waals surface area (Å²) in [5, 5.41) is 21.9. The van der Waals surface area contributed by atoms with Crippen LogP contribution < -0.4 is 4.72 Å². The fourth-order valence-corrected chi connectivity index (χ4v) is 2.93. The molecule has 2 aromatic rings. The van der Waals surface area contributed by atoms with E-state index in [1.54, 1.807) is 0 Å². The Morgan fingerprint density at radius 3 is 2.86 bits per heavy atom. The van der Waals surface area contributed by atoms with E-state index >= 15 is 0 Å². The van der Waals surface area contributed by atoms with Gasteiger partial charge in [0.25, 0.3) is 0 Å². The Hall–Kier alpha value is -2.27. The second kappa shape index (κ2) is 4.93. The summed E-state index contributed by atoms with van der Waals surface area (Å²) in [5.74, 6) is -0.958. The molecule has 0 spiro atoms. The standard InChI is InChI=1S/C10H12N6O4S/c17-10(18)8-3-7(5-16(8)6-1-2-6)21(19,20)11-4-9-12-14-15-13-9/h3,5-6,11H,1-2,4H2,(H,17,18)(H,12,13,14,15). The normalized spacial score (nSPS) is 15.2. The Bertz CT molecular complexity index is 762. The first kappa shape index (κ1) is 13.7. The lowest BCUT2D eigenvalue weighted by atomic mass is 10.4. The zero-order valence-electron chi connectivity index (χ0n) is 10.7. The number of H-pyrrole nitrogens is 1. The number of hydrogen-bond acceptors (Lipinski definition) is 6. The molecule has 0 amide bonds. The number of carboxylic acid groups (broad SMARTS) is 1. The maximum absolute atomic E-state index is 12.2.